The Kier molecular flexibility index (Phi) is 4.98. The van der Waals surface area contributed by atoms with Crippen LogP contribution in [0.3, 0.4) is 0 Å². The van der Waals surface area contributed by atoms with Crippen LogP contribution < -0.4 is 10.4 Å². The molecule has 0 fully saturated rings. The van der Waals surface area contributed by atoms with Crippen LogP contribution in [0, 0.1) is 13.8 Å². The molecule has 1 aromatic carbocycles. The van der Waals surface area contributed by atoms with E-state index in [4.69, 9.17) is 4.74 Å². The van der Waals surface area contributed by atoms with Gasteiger partial charge in [0.05, 0.1) is 60.1 Å². The van der Waals surface area contributed by atoms with E-state index in [9.17, 15) is 9.90 Å². The van der Waals surface area contributed by atoms with Gasteiger partial charge in [0.15, 0.2) is 0 Å². The van der Waals surface area contributed by atoms with Crippen molar-refractivity contribution in [2.24, 2.45) is 7.05 Å². The molecule has 9 nitrogen and oxygen atoms in total. The summed E-state index contributed by atoms with van der Waals surface area (Å²) in [7, 11) is 3.37. The van der Waals surface area contributed by atoms with E-state index in [1.165, 1.54) is 0 Å². The number of benzene rings is 1. The molecule has 9 heteroatoms. The molecule has 0 bridgehead atoms. The molecule has 168 valence electrons. The first-order valence-corrected chi connectivity index (χ1v) is 10.6. The van der Waals surface area contributed by atoms with Gasteiger partial charge in [-0.25, -0.2) is 4.79 Å². The number of ether oxygens (including phenoxy) is 1. The maximum atomic E-state index is 13.3. The Morgan fingerprint density at radius 2 is 1.88 bits per heavy atom. The number of hydrogen-bond acceptors (Lipinski definition) is 6. The van der Waals surface area contributed by atoms with E-state index in [-0.39, 0.29) is 12.3 Å². The van der Waals surface area contributed by atoms with Crippen molar-refractivity contribution < 1.29 is 9.84 Å². The highest BCUT2D eigenvalue weighted by molar-refractivity contribution is 6.04. The second kappa shape index (κ2) is 7.86. The summed E-state index contributed by atoms with van der Waals surface area (Å²) < 4.78 is 10.4. The average Bonchev–Trinajstić information content (AvgIpc) is 3.30. The maximum absolute atomic E-state index is 13.3. The number of pyridine rings is 2. The van der Waals surface area contributed by atoms with Crippen molar-refractivity contribution in [1.29, 1.82) is 0 Å². The highest BCUT2D eigenvalue weighted by Crippen LogP contribution is 2.31. The summed E-state index contributed by atoms with van der Waals surface area (Å²) in [5, 5.41) is 14.6. The van der Waals surface area contributed by atoms with E-state index in [2.05, 4.69) is 15.1 Å². The van der Waals surface area contributed by atoms with Crippen LogP contribution in [0.4, 0.5) is 0 Å². The number of aliphatic hydroxyl groups is 1. The van der Waals surface area contributed by atoms with Crippen LogP contribution in [0.25, 0.3) is 38.8 Å². The Morgan fingerprint density at radius 1 is 1.06 bits per heavy atom. The summed E-state index contributed by atoms with van der Waals surface area (Å²) >= 11 is 0. The lowest BCUT2D eigenvalue weighted by Gasteiger charge is -2.09. The number of hydrogen-bond donors (Lipinski definition) is 1. The van der Waals surface area contributed by atoms with E-state index < -0.39 is 0 Å². The van der Waals surface area contributed by atoms with Crippen LogP contribution in [0.5, 0.6) is 5.75 Å². The lowest BCUT2D eigenvalue weighted by molar-refractivity contribution is 0.269. The summed E-state index contributed by atoms with van der Waals surface area (Å²) in [6.45, 7) is 4.08. The second-order valence-corrected chi connectivity index (χ2v) is 8.00. The van der Waals surface area contributed by atoms with Gasteiger partial charge in [0, 0.05) is 30.4 Å². The molecule has 0 aliphatic carbocycles. The fourth-order valence-electron chi connectivity index (χ4n) is 4.22. The van der Waals surface area contributed by atoms with Crippen LogP contribution in [-0.4, -0.2) is 47.7 Å². The maximum Gasteiger partial charge on any atom is 0.333 e. The molecule has 4 heterocycles. The number of aromatic nitrogens is 6. The van der Waals surface area contributed by atoms with Gasteiger partial charge in [0.25, 0.3) is 0 Å². The van der Waals surface area contributed by atoms with Crippen molar-refractivity contribution in [1.82, 2.24) is 28.9 Å². The van der Waals surface area contributed by atoms with Crippen molar-refractivity contribution in [3.05, 3.63) is 64.7 Å². The lowest BCUT2D eigenvalue weighted by atomic mass is 10.0. The summed E-state index contributed by atoms with van der Waals surface area (Å²) in [5.74, 6) is 0.715. The highest BCUT2D eigenvalue weighted by atomic mass is 16.5. The van der Waals surface area contributed by atoms with E-state index in [1.54, 1.807) is 40.4 Å². The molecule has 0 unspecified atom stereocenters. The molecule has 33 heavy (non-hydrogen) atoms. The number of aliphatic hydroxyl groups excluding tert-OH is 1. The molecule has 0 aliphatic rings. The Bertz CT molecular complexity index is 1580. The monoisotopic (exact) mass is 444 g/mol. The van der Waals surface area contributed by atoms with Crippen molar-refractivity contribution in [3.63, 3.8) is 0 Å². The molecule has 0 atom stereocenters. The molecule has 0 saturated carbocycles. The Morgan fingerprint density at radius 3 is 2.64 bits per heavy atom. The van der Waals surface area contributed by atoms with Crippen molar-refractivity contribution in [3.8, 4) is 22.6 Å². The smallest absolute Gasteiger partial charge is 0.333 e. The third kappa shape index (κ3) is 3.28. The zero-order chi connectivity index (χ0) is 23.3. The third-order valence-corrected chi connectivity index (χ3v) is 5.97. The number of aryl methyl sites for hydroxylation is 3. The molecule has 4 aromatic heterocycles. The highest BCUT2D eigenvalue weighted by Gasteiger charge is 2.19. The molecule has 0 aliphatic heterocycles. The van der Waals surface area contributed by atoms with Gasteiger partial charge >= 0.3 is 5.69 Å². The first-order chi connectivity index (χ1) is 15.9. The lowest BCUT2D eigenvalue weighted by Crippen LogP contribution is -2.21. The van der Waals surface area contributed by atoms with Gasteiger partial charge in [0.2, 0.25) is 0 Å². The molecule has 5 rings (SSSR count). The molecule has 0 saturated heterocycles. The van der Waals surface area contributed by atoms with Gasteiger partial charge in [-0.1, -0.05) is 6.07 Å². The molecular formula is C24H24N6O3. The topological polar surface area (TPSA) is 100.0 Å². The molecule has 0 radical (unpaired) electrons. The molecular weight excluding hydrogens is 420 g/mol. The number of nitrogens with zero attached hydrogens (tertiary/aromatic N) is 6. The first kappa shape index (κ1) is 20.9. The van der Waals surface area contributed by atoms with Crippen molar-refractivity contribution in [2.45, 2.75) is 20.4 Å². The summed E-state index contributed by atoms with van der Waals surface area (Å²) in [6.07, 6.45) is 5.32. The zero-order valence-electron chi connectivity index (χ0n) is 18.9. The van der Waals surface area contributed by atoms with Crippen LogP contribution in [-0.2, 0) is 13.6 Å². The largest absolute Gasteiger partial charge is 0.495 e. The van der Waals surface area contributed by atoms with Gasteiger partial charge in [-0.3, -0.25) is 23.8 Å². The van der Waals surface area contributed by atoms with Crippen LogP contribution in [0.2, 0.25) is 0 Å². The third-order valence-electron chi connectivity index (χ3n) is 5.97. The number of rotatable bonds is 5. The predicted octanol–water partition coefficient (Wildman–Crippen LogP) is 2.75. The molecule has 5 aromatic rings. The summed E-state index contributed by atoms with van der Waals surface area (Å²) in [5.41, 5.74) is 6.12. The summed E-state index contributed by atoms with van der Waals surface area (Å²) in [4.78, 5) is 22.4. The van der Waals surface area contributed by atoms with E-state index in [0.29, 0.717) is 23.7 Å². The Labute approximate surface area is 189 Å². The Balaban J connectivity index is 1.81. The minimum Gasteiger partial charge on any atom is -0.495 e. The Hall–Kier alpha value is -3.98. The molecule has 0 spiro atoms. The number of fused-ring (bicyclic) bond motifs is 3. The minimum atomic E-state index is -0.185. The van der Waals surface area contributed by atoms with Crippen molar-refractivity contribution >= 4 is 21.9 Å². The molecule has 1 N–H and O–H groups in total. The average molecular weight is 444 g/mol. The molecule has 0 amide bonds. The van der Waals surface area contributed by atoms with Crippen LogP contribution >= 0.6 is 0 Å². The summed E-state index contributed by atoms with van der Waals surface area (Å²) in [6, 6.07) is 7.92. The fraction of sp³-hybridized carbons (Fsp3) is 0.250. The SMILES string of the molecule is COc1cc(-c2ccc3ncc4c(c3c2)n(-c2cn(CCO)nc2C)c(=O)n4C)cnc1C. The van der Waals surface area contributed by atoms with Gasteiger partial charge in [-0.05, 0) is 37.6 Å². The number of imidazole rings is 1. The van der Waals surface area contributed by atoms with Gasteiger partial charge in [0.1, 0.15) is 5.75 Å². The normalized spacial score (nSPS) is 11.5. The van der Waals surface area contributed by atoms with Crippen LogP contribution in [0.1, 0.15) is 11.4 Å². The van der Waals surface area contributed by atoms with E-state index in [0.717, 1.165) is 38.8 Å². The fourth-order valence-corrected chi connectivity index (χ4v) is 4.22. The minimum absolute atomic E-state index is 0.0325. The van der Waals surface area contributed by atoms with Gasteiger partial charge in [-0.15, -0.1) is 0 Å². The van der Waals surface area contributed by atoms with E-state index in [1.807, 2.05) is 44.3 Å². The van der Waals surface area contributed by atoms with E-state index >= 15 is 0 Å². The van der Waals surface area contributed by atoms with Gasteiger partial charge < -0.3 is 9.84 Å². The number of methoxy groups -OCH3 is 1. The van der Waals surface area contributed by atoms with Crippen LogP contribution in [0.15, 0.2) is 47.7 Å². The predicted molar refractivity (Wildman–Crippen MR) is 126 cm³/mol. The second-order valence-electron chi connectivity index (χ2n) is 8.00. The van der Waals surface area contributed by atoms with Crippen molar-refractivity contribution in [2.75, 3.05) is 13.7 Å². The standard InChI is InChI=1S/C24H24N6O3/c1-14-21(13-29(27-14)7-8-31)30-23-18-9-16(17-10-22(33-4)15(2)25-11-17)5-6-19(18)26-12-20(23)28(3)24(30)32/h5-6,9-13,31H,7-8H2,1-4H3. The van der Waals surface area contributed by atoms with Gasteiger partial charge in [-0.2, -0.15) is 5.10 Å². The quantitative estimate of drug-likeness (QED) is 0.447. The zero-order valence-corrected chi connectivity index (χ0v) is 18.9. The first-order valence-electron chi connectivity index (χ1n) is 10.6.